The number of fused-ring (bicyclic) bond motifs is 1. The fourth-order valence-corrected chi connectivity index (χ4v) is 1.46. The molecule has 13 heavy (non-hydrogen) atoms. The fourth-order valence-electron chi connectivity index (χ4n) is 1.29. The van der Waals surface area contributed by atoms with Crippen molar-refractivity contribution >= 4 is 22.6 Å². The van der Waals surface area contributed by atoms with Crippen LogP contribution in [-0.2, 0) is 0 Å². The molecule has 3 nitrogen and oxygen atoms in total. The molecule has 0 spiro atoms. The summed E-state index contributed by atoms with van der Waals surface area (Å²) >= 11 is 5.88. The zero-order valence-electron chi connectivity index (χ0n) is 7.53. The van der Waals surface area contributed by atoms with Gasteiger partial charge in [0.25, 0.3) is 0 Å². The van der Waals surface area contributed by atoms with Gasteiger partial charge >= 0.3 is 0 Å². The number of halogens is 1. The number of aromatic nitrogens is 3. The van der Waals surface area contributed by atoms with E-state index in [1.807, 2.05) is 22.9 Å². The third-order valence-electron chi connectivity index (χ3n) is 1.92. The maximum absolute atomic E-state index is 5.88. The van der Waals surface area contributed by atoms with Crippen molar-refractivity contribution in [2.45, 2.75) is 19.9 Å². The second-order valence-corrected chi connectivity index (χ2v) is 3.70. The van der Waals surface area contributed by atoms with Gasteiger partial charge in [-0.1, -0.05) is 16.8 Å². The Morgan fingerprint density at radius 3 is 2.85 bits per heavy atom. The molecule has 4 heteroatoms. The molecular formula is C9H10ClN3. The van der Waals surface area contributed by atoms with Crippen molar-refractivity contribution in [2.75, 3.05) is 0 Å². The highest BCUT2D eigenvalue weighted by molar-refractivity contribution is 6.31. The lowest BCUT2D eigenvalue weighted by atomic mass is 10.3. The Morgan fingerprint density at radius 1 is 1.38 bits per heavy atom. The average Bonchev–Trinajstić information content (AvgIpc) is 2.46. The van der Waals surface area contributed by atoms with Gasteiger partial charge in [0.05, 0.1) is 5.52 Å². The molecule has 0 atom stereocenters. The van der Waals surface area contributed by atoms with Gasteiger partial charge in [0.2, 0.25) is 0 Å². The van der Waals surface area contributed by atoms with E-state index in [-0.39, 0.29) is 0 Å². The van der Waals surface area contributed by atoms with Crippen molar-refractivity contribution in [2.24, 2.45) is 0 Å². The monoisotopic (exact) mass is 195 g/mol. The first-order valence-electron chi connectivity index (χ1n) is 4.19. The van der Waals surface area contributed by atoms with E-state index in [4.69, 9.17) is 11.6 Å². The van der Waals surface area contributed by atoms with Crippen molar-refractivity contribution in [3.8, 4) is 0 Å². The summed E-state index contributed by atoms with van der Waals surface area (Å²) in [6.07, 6.45) is 0. The van der Waals surface area contributed by atoms with Crippen LogP contribution in [0, 0.1) is 0 Å². The van der Waals surface area contributed by atoms with Crippen LogP contribution in [0.4, 0.5) is 0 Å². The molecule has 0 amide bonds. The Balaban J connectivity index is 2.71. The number of hydrogen-bond acceptors (Lipinski definition) is 2. The van der Waals surface area contributed by atoms with E-state index in [1.165, 1.54) is 0 Å². The minimum absolute atomic E-state index is 0.309. The zero-order valence-corrected chi connectivity index (χ0v) is 8.28. The average molecular weight is 196 g/mol. The number of nitrogens with zero attached hydrogens (tertiary/aromatic N) is 3. The molecule has 68 valence electrons. The number of benzene rings is 1. The van der Waals surface area contributed by atoms with Crippen molar-refractivity contribution < 1.29 is 0 Å². The topological polar surface area (TPSA) is 30.7 Å². The van der Waals surface area contributed by atoms with Crippen molar-refractivity contribution in [1.29, 1.82) is 0 Å². The van der Waals surface area contributed by atoms with Gasteiger partial charge < -0.3 is 0 Å². The van der Waals surface area contributed by atoms with Crippen molar-refractivity contribution in [3.05, 3.63) is 23.2 Å². The summed E-state index contributed by atoms with van der Waals surface area (Å²) < 4.78 is 1.86. The third kappa shape index (κ3) is 1.40. The van der Waals surface area contributed by atoms with Crippen LogP contribution in [0.15, 0.2) is 18.2 Å². The second kappa shape index (κ2) is 3.00. The van der Waals surface area contributed by atoms with Crippen LogP contribution in [0.2, 0.25) is 5.02 Å². The molecular weight excluding hydrogens is 186 g/mol. The summed E-state index contributed by atoms with van der Waals surface area (Å²) in [6.45, 7) is 4.13. The first-order valence-corrected chi connectivity index (χ1v) is 4.57. The Hall–Kier alpha value is -1.09. The van der Waals surface area contributed by atoms with E-state index in [2.05, 4.69) is 24.2 Å². The fraction of sp³-hybridized carbons (Fsp3) is 0.333. The summed E-state index contributed by atoms with van der Waals surface area (Å²) in [5, 5.41) is 8.80. The van der Waals surface area contributed by atoms with Gasteiger partial charge in [-0.2, -0.15) is 0 Å². The van der Waals surface area contributed by atoms with Gasteiger partial charge in [0.15, 0.2) is 0 Å². The maximum atomic E-state index is 5.88. The maximum Gasteiger partial charge on any atom is 0.113 e. The Labute approximate surface area is 81.3 Å². The molecule has 1 aromatic heterocycles. The lowest BCUT2D eigenvalue weighted by Gasteiger charge is -2.04. The molecule has 1 aromatic carbocycles. The molecule has 0 saturated heterocycles. The van der Waals surface area contributed by atoms with E-state index < -0.39 is 0 Å². The van der Waals surface area contributed by atoms with Crippen LogP contribution >= 0.6 is 11.6 Å². The minimum atomic E-state index is 0.309. The van der Waals surface area contributed by atoms with Crippen LogP contribution in [0.25, 0.3) is 11.0 Å². The lowest BCUT2D eigenvalue weighted by Crippen LogP contribution is -2.02. The molecule has 0 bridgehead atoms. The Morgan fingerprint density at radius 2 is 2.15 bits per heavy atom. The quantitative estimate of drug-likeness (QED) is 0.701. The van der Waals surface area contributed by atoms with Crippen LogP contribution < -0.4 is 0 Å². The van der Waals surface area contributed by atoms with E-state index in [0.717, 1.165) is 16.1 Å². The first-order chi connectivity index (χ1) is 6.18. The molecule has 0 radical (unpaired) electrons. The largest absolute Gasteiger partial charge is 0.242 e. The van der Waals surface area contributed by atoms with Crippen LogP contribution in [0.5, 0.6) is 0 Å². The molecule has 2 rings (SSSR count). The van der Waals surface area contributed by atoms with E-state index >= 15 is 0 Å². The summed E-state index contributed by atoms with van der Waals surface area (Å²) in [5.41, 5.74) is 1.88. The smallest absolute Gasteiger partial charge is 0.113 e. The Kier molecular flexibility index (Phi) is 1.96. The molecule has 1 heterocycles. The number of rotatable bonds is 1. The van der Waals surface area contributed by atoms with E-state index in [0.29, 0.717) is 6.04 Å². The predicted octanol–water partition coefficient (Wildman–Crippen LogP) is 2.67. The van der Waals surface area contributed by atoms with E-state index in [9.17, 15) is 0 Å². The highest BCUT2D eigenvalue weighted by atomic mass is 35.5. The van der Waals surface area contributed by atoms with Gasteiger partial charge in [0, 0.05) is 11.1 Å². The van der Waals surface area contributed by atoms with Gasteiger partial charge in [-0.05, 0) is 32.0 Å². The molecule has 0 aliphatic carbocycles. The lowest BCUT2D eigenvalue weighted by molar-refractivity contribution is 0.530. The van der Waals surface area contributed by atoms with Gasteiger partial charge in [-0.3, -0.25) is 0 Å². The molecule has 0 aliphatic rings. The molecule has 0 fully saturated rings. The van der Waals surface area contributed by atoms with Crippen LogP contribution in [0.3, 0.4) is 0 Å². The molecule has 0 N–H and O–H groups in total. The van der Waals surface area contributed by atoms with E-state index in [1.54, 1.807) is 0 Å². The van der Waals surface area contributed by atoms with Gasteiger partial charge in [0.1, 0.15) is 5.52 Å². The van der Waals surface area contributed by atoms with Crippen molar-refractivity contribution in [1.82, 2.24) is 15.0 Å². The van der Waals surface area contributed by atoms with Gasteiger partial charge in [-0.15, -0.1) is 5.10 Å². The summed E-state index contributed by atoms with van der Waals surface area (Å²) in [5.74, 6) is 0. The minimum Gasteiger partial charge on any atom is -0.242 e. The zero-order chi connectivity index (χ0) is 9.42. The molecule has 2 aromatic rings. The highest BCUT2D eigenvalue weighted by Crippen LogP contribution is 2.19. The third-order valence-corrected chi connectivity index (χ3v) is 2.16. The van der Waals surface area contributed by atoms with Crippen LogP contribution in [-0.4, -0.2) is 15.0 Å². The van der Waals surface area contributed by atoms with Crippen molar-refractivity contribution in [3.63, 3.8) is 0 Å². The second-order valence-electron chi connectivity index (χ2n) is 3.26. The summed E-state index contributed by atoms with van der Waals surface area (Å²) in [4.78, 5) is 0. The number of hydrogen-bond donors (Lipinski definition) is 0. The highest BCUT2D eigenvalue weighted by Gasteiger charge is 2.06. The summed E-state index contributed by atoms with van der Waals surface area (Å²) in [6, 6.07) is 5.90. The molecule has 0 unspecified atom stereocenters. The first kappa shape index (κ1) is 8.51. The Bertz CT molecular complexity index is 433. The summed E-state index contributed by atoms with van der Waals surface area (Å²) in [7, 11) is 0. The molecule has 0 saturated carbocycles. The molecule has 0 aliphatic heterocycles. The normalized spacial score (nSPS) is 11.4. The van der Waals surface area contributed by atoms with Crippen LogP contribution in [0.1, 0.15) is 19.9 Å². The van der Waals surface area contributed by atoms with Gasteiger partial charge in [-0.25, -0.2) is 4.68 Å². The standard InChI is InChI=1S/C9H10ClN3/c1-6(2)13-9-5-7(10)3-4-8(9)11-12-13/h3-6H,1-2H3. The predicted molar refractivity (Wildman–Crippen MR) is 52.9 cm³/mol. The SMILES string of the molecule is CC(C)n1nnc2ccc(Cl)cc21.